The summed E-state index contributed by atoms with van der Waals surface area (Å²) in [4.78, 5) is 11.7. The van der Waals surface area contributed by atoms with E-state index in [0.717, 1.165) is 31.2 Å². The standard InChI is InChI=1S/C14H17O2/c15-14(13-9-5-2-6-10-13)16-11-12-7-3-1-4-8-12/h1-4,7-8,13H,5-6,9-11H2. The number of carbonyl (C=O) groups excluding carboxylic acids is 1. The summed E-state index contributed by atoms with van der Waals surface area (Å²) in [5, 5.41) is 0. The number of carbonyl (C=O) groups is 1. The van der Waals surface area contributed by atoms with Crippen LogP contribution in [0.15, 0.2) is 30.3 Å². The quantitative estimate of drug-likeness (QED) is 0.727. The Hall–Kier alpha value is -1.31. The van der Waals surface area contributed by atoms with Crippen molar-refractivity contribution in [3.63, 3.8) is 0 Å². The van der Waals surface area contributed by atoms with Crippen LogP contribution in [0.5, 0.6) is 0 Å². The maximum Gasteiger partial charge on any atom is 0.309 e. The van der Waals surface area contributed by atoms with Gasteiger partial charge >= 0.3 is 5.97 Å². The zero-order valence-electron chi connectivity index (χ0n) is 9.39. The predicted molar refractivity (Wildman–Crippen MR) is 62.5 cm³/mol. The monoisotopic (exact) mass is 217 g/mol. The van der Waals surface area contributed by atoms with E-state index in [0.29, 0.717) is 6.61 Å². The molecule has 1 aromatic carbocycles. The lowest BCUT2D eigenvalue weighted by Crippen LogP contribution is -2.20. The van der Waals surface area contributed by atoms with Crippen molar-refractivity contribution in [3.8, 4) is 0 Å². The number of esters is 1. The topological polar surface area (TPSA) is 26.3 Å². The Labute approximate surface area is 96.6 Å². The highest BCUT2D eigenvalue weighted by Gasteiger charge is 2.22. The molecule has 0 spiro atoms. The minimum absolute atomic E-state index is 0.0306. The molecule has 2 rings (SSSR count). The second-order valence-corrected chi connectivity index (χ2v) is 4.23. The fraction of sp³-hybridized carbons (Fsp3) is 0.429. The number of hydrogen-bond donors (Lipinski definition) is 0. The molecule has 0 unspecified atom stereocenters. The number of rotatable bonds is 3. The van der Waals surface area contributed by atoms with Gasteiger partial charge in [-0.2, -0.15) is 0 Å². The molecule has 0 aromatic heterocycles. The molecule has 1 fully saturated rings. The fourth-order valence-corrected chi connectivity index (χ4v) is 2.01. The molecule has 1 radical (unpaired) electrons. The summed E-state index contributed by atoms with van der Waals surface area (Å²) in [7, 11) is 0. The summed E-state index contributed by atoms with van der Waals surface area (Å²) in [5.41, 5.74) is 1.05. The summed E-state index contributed by atoms with van der Waals surface area (Å²) in [6, 6.07) is 9.82. The van der Waals surface area contributed by atoms with Crippen molar-refractivity contribution >= 4 is 5.97 Å². The maximum atomic E-state index is 11.7. The highest BCUT2D eigenvalue weighted by atomic mass is 16.5. The van der Waals surface area contributed by atoms with Crippen LogP contribution in [0.2, 0.25) is 0 Å². The fourth-order valence-electron chi connectivity index (χ4n) is 2.01. The average Bonchev–Trinajstić information content (AvgIpc) is 2.38. The van der Waals surface area contributed by atoms with E-state index in [9.17, 15) is 4.79 Å². The largest absolute Gasteiger partial charge is 0.461 e. The zero-order chi connectivity index (χ0) is 11.2. The van der Waals surface area contributed by atoms with Crippen LogP contribution in [0.1, 0.15) is 31.2 Å². The van der Waals surface area contributed by atoms with Crippen LogP contribution < -0.4 is 0 Å². The lowest BCUT2D eigenvalue weighted by Gasteiger charge is -2.19. The lowest BCUT2D eigenvalue weighted by atomic mass is 9.89. The van der Waals surface area contributed by atoms with Gasteiger partial charge in [0, 0.05) is 0 Å². The number of benzene rings is 1. The van der Waals surface area contributed by atoms with E-state index in [4.69, 9.17) is 4.74 Å². The predicted octanol–water partition coefficient (Wildman–Crippen LogP) is 3.12. The van der Waals surface area contributed by atoms with Crippen molar-refractivity contribution in [2.24, 2.45) is 5.92 Å². The molecule has 0 atom stereocenters. The molecule has 2 heteroatoms. The van der Waals surface area contributed by atoms with E-state index >= 15 is 0 Å². The molecule has 85 valence electrons. The molecule has 1 aliphatic rings. The molecule has 1 aliphatic carbocycles. The molecule has 0 saturated heterocycles. The van der Waals surface area contributed by atoms with Crippen molar-refractivity contribution in [2.45, 2.75) is 32.3 Å². The minimum Gasteiger partial charge on any atom is -0.461 e. The van der Waals surface area contributed by atoms with E-state index in [1.54, 1.807) is 0 Å². The first-order valence-corrected chi connectivity index (χ1v) is 5.88. The molecule has 1 saturated carbocycles. The third-order valence-corrected chi connectivity index (χ3v) is 3.00. The van der Waals surface area contributed by atoms with Crippen LogP contribution >= 0.6 is 0 Å². The Morgan fingerprint density at radius 1 is 1.19 bits per heavy atom. The second kappa shape index (κ2) is 5.69. The molecule has 2 nitrogen and oxygen atoms in total. The van der Waals surface area contributed by atoms with Gasteiger partial charge in [-0.05, 0) is 37.7 Å². The molecule has 0 amide bonds. The van der Waals surface area contributed by atoms with Crippen LogP contribution in [0, 0.1) is 12.3 Å². The van der Waals surface area contributed by atoms with Crippen LogP contribution in [-0.4, -0.2) is 5.97 Å². The molecule has 16 heavy (non-hydrogen) atoms. The Kier molecular flexibility index (Phi) is 3.97. The van der Waals surface area contributed by atoms with E-state index in [2.05, 4.69) is 6.42 Å². The Morgan fingerprint density at radius 2 is 1.88 bits per heavy atom. The van der Waals surface area contributed by atoms with Gasteiger partial charge in [0.25, 0.3) is 0 Å². The molecule has 0 bridgehead atoms. The third kappa shape index (κ3) is 3.09. The second-order valence-electron chi connectivity index (χ2n) is 4.23. The van der Waals surface area contributed by atoms with Crippen LogP contribution in [-0.2, 0) is 16.1 Å². The molecule has 0 N–H and O–H groups in total. The highest BCUT2D eigenvalue weighted by Crippen LogP contribution is 2.24. The average molecular weight is 217 g/mol. The number of hydrogen-bond acceptors (Lipinski definition) is 2. The first-order valence-electron chi connectivity index (χ1n) is 5.88. The van der Waals surface area contributed by atoms with Crippen molar-refractivity contribution in [2.75, 3.05) is 0 Å². The summed E-state index contributed by atoms with van der Waals surface area (Å²) in [5.74, 6) is 0.0886. The molecule has 0 aliphatic heterocycles. The van der Waals surface area contributed by atoms with Crippen molar-refractivity contribution in [1.29, 1.82) is 0 Å². The van der Waals surface area contributed by atoms with Crippen molar-refractivity contribution in [3.05, 3.63) is 42.3 Å². The molecular formula is C14H17O2. The molecule has 1 aromatic rings. The summed E-state index contributed by atoms with van der Waals surface area (Å²) in [6.45, 7) is 0.403. The van der Waals surface area contributed by atoms with E-state index < -0.39 is 0 Å². The Bertz CT molecular complexity index is 326. The van der Waals surface area contributed by atoms with Crippen molar-refractivity contribution in [1.82, 2.24) is 0 Å². The van der Waals surface area contributed by atoms with Gasteiger partial charge in [-0.25, -0.2) is 0 Å². The van der Waals surface area contributed by atoms with Gasteiger partial charge in [-0.1, -0.05) is 30.3 Å². The Balaban J connectivity index is 1.79. The first-order chi connectivity index (χ1) is 7.86. The minimum atomic E-state index is -0.0306. The lowest BCUT2D eigenvalue weighted by molar-refractivity contribution is -0.150. The van der Waals surface area contributed by atoms with Gasteiger partial charge in [0.1, 0.15) is 6.61 Å². The van der Waals surface area contributed by atoms with E-state index in [-0.39, 0.29) is 11.9 Å². The van der Waals surface area contributed by atoms with Crippen LogP contribution in [0.4, 0.5) is 0 Å². The number of ether oxygens (including phenoxy) is 1. The highest BCUT2D eigenvalue weighted by molar-refractivity contribution is 5.72. The van der Waals surface area contributed by atoms with Crippen LogP contribution in [0.25, 0.3) is 0 Å². The van der Waals surface area contributed by atoms with E-state index in [1.807, 2.05) is 30.3 Å². The summed E-state index contributed by atoms with van der Waals surface area (Å²) >= 11 is 0. The van der Waals surface area contributed by atoms with Gasteiger partial charge in [0.2, 0.25) is 0 Å². The van der Waals surface area contributed by atoms with Gasteiger partial charge in [-0.15, -0.1) is 0 Å². The van der Waals surface area contributed by atoms with Crippen molar-refractivity contribution < 1.29 is 9.53 Å². The normalized spacial score (nSPS) is 17.0. The smallest absolute Gasteiger partial charge is 0.309 e. The maximum absolute atomic E-state index is 11.7. The summed E-state index contributed by atoms with van der Waals surface area (Å²) in [6.07, 6.45) is 6.25. The Morgan fingerprint density at radius 3 is 2.56 bits per heavy atom. The summed E-state index contributed by atoms with van der Waals surface area (Å²) < 4.78 is 5.31. The SMILES string of the molecule is O=C(OCc1ccccc1)C1CC[CH]CC1. The third-order valence-electron chi connectivity index (χ3n) is 3.00. The molecule has 0 heterocycles. The first kappa shape index (κ1) is 11.2. The molecular weight excluding hydrogens is 200 g/mol. The van der Waals surface area contributed by atoms with Crippen LogP contribution in [0.3, 0.4) is 0 Å². The van der Waals surface area contributed by atoms with Gasteiger partial charge < -0.3 is 4.74 Å². The van der Waals surface area contributed by atoms with Gasteiger partial charge in [0.15, 0.2) is 0 Å². The van der Waals surface area contributed by atoms with E-state index in [1.165, 1.54) is 0 Å². The zero-order valence-corrected chi connectivity index (χ0v) is 9.39. The van der Waals surface area contributed by atoms with Gasteiger partial charge in [0.05, 0.1) is 5.92 Å². The van der Waals surface area contributed by atoms with Gasteiger partial charge in [-0.3, -0.25) is 4.79 Å².